The van der Waals surface area contributed by atoms with E-state index in [0.29, 0.717) is 38.1 Å². The van der Waals surface area contributed by atoms with Gasteiger partial charge in [-0.05, 0) is 54.0 Å². The van der Waals surface area contributed by atoms with Crippen molar-refractivity contribution in [1.82, 2.24) is 20.9 Å². The maximum atomic E-state index is 13.3. The van der Waals surface area contributed by atoms with Crippen molar-refractivity contribution >= 4 is 46.2 Å². The number of amides is 3. The summed E-state index contributed by atoms with van der Waals surface area (Å²) in [5.41, 5.74) is 0.580. The van der Waals surface area contributed by atoms with Gasteiger partial charge in [0.25, 0.3) is 0 Å². The Morgan fingerprint density at radius 3 is 2.60 bits per heavy atom. The number of fused-ring (bicyclic) bond motifs is 1. The topological polar surface area (TPSA) is 117 Å². The minimum atomic E-state index is -0.713. The molecule has 2 atom stereocenters. The first-order valence-corrected chi connectivity index (χ1v) is 15.4. The van der Waals surface area contributed by atoms with Crippen molar-refractivity contribution < 1.29 is 23.9 Å². The zero-order valence-electron chi connectivity index (χ0n) is 23.4. The maximum Gasteiger partial charge on any atom is 0.328 e. The second-order valence-electron chi connectivity index (χ2n) is 10.8. The molecule has 9 nitrogen and oxygen atoms in total. The molecule has 10 heteroatoms. The minimum Gasteiger partial charge on any atom is -0.467 e. The van der Waals surface area contributed by atoms with E-state index in [9.17, 15) is 19.2 Å². The molecule has 40 heavy (non-hydrogen) atoms. The fraction of sp³-hybridized carbons (Fsp3) is 0.533. The first-order chi connectivity index (χ1) is 19.3. The fourth-order valence-corrected chi connectivity index (χ4v) is 6.34. The normalized spacial score (nSPS) is 18.9. The van der Waals surface area contributed by atoms with Crippen LogP contribution in [0.3, 0.4) is 0 Å². The number of nitrogens with one attached hydrogen (secondary N) is 3. The smallest absolute Gasteiger partial charge is 0.328 e. The molecule has 0 aromatic heterocycles. The number of carbonyl (C=O) groups excluding carboxylic acids is 4. The number of nitrogens with zero attached hydrogens (tertiary/aromatic N) is 1. The van der Waals surface area contributed by atoms with Crippen molar-refractivity contribution in [2.75, 3.05) is 32.2 Å². The molecule has 2 aromatic rings. The largest absolute Gasteiger partial charge is 0.467 e. The molecule has 2 fully saturated rings. The quantitative estimate of drug-likeness (QED) is 0.318. The van der Waals surface area contributed by atoms with Crippen molar-refractivity contribution in [2.45, 2.75) is 69.1 Å². The van der Waals surface area contributed by atoms with Crippen LogP contribution in [-0.4, -0.2) is 78.4 Å². The van der Waals surface area contributed by atoms with Crippen LogP contribution < -0.4 is 16.0 Å². The molecule has 0 radical (unpaired) electrons. The van der Waals surface area contributed by atoms with Crippen molar-refractivity contribution in [2.24, 2.45) is 0 Å². The maximum absolute atomic E-state index is 13.3. The van der Waals surface area contributed by atoms with Gasteiger partial charge in [0.15, 0.2) is 0 Å². The Kier molecular flexibility index (Phi) is 10.4. The second kappa shape index (κ2) is 14.0. The lowest BCUT2D eigenvalue weighted by molar-refractivity contribution is -0.145. The van der Waals surface area contributed by atoms with Crippen LogP contribution in [0.1, 0.15) is 50.5 Å². The molecule has 2 aromatic carbocycles. The molecule has 1 saturated carbocycles. The molecular weight excluding hydrogens is 528 g/mol. The third kappa shape index (κ3) is 7.75. The number of benzene rings is 2. The summed E-state index contributed by atoms with van der Waals surface area (Å²) in [5, 5.41) is 11.2. The molecule has 1 aliphatic carbocycles. The zero-order valence-corrected chi connectivity index (χ0v) is 24.2. The number of hydrogen-bond donors (Lipinski definition) is 3. The van der Waals surface area contributed by atoms with E-state index in [1.807, 2.05) is 24.5 Å². The fourth-order valence-electron chi connectivity index (χ4n) is 5.87. The summed E-state index contributed by atoms with van der Waals surface area (Å²) < 4.78 is 4.93. The third-order valence-corrected chi connectivity index (χ3v) is 8.50. The summed E-state index contributed by atoms with van der Waals surface area (Å²) in [6, 6.07) is 13.1. The molecule has 1 heterocycles. The van der Waals surface area contributed by atoms with Crippen LogP contribution in [0.4, 0.5) is 0 Å². The zero-order chi connectivity index (χ0) is 28.5. The van der Waals surface area contributed by atoms with Gasteiger partial charge in [-0.2, -0.15) is 11.8 Å². The Balaban J connectivity index is 1.56. The highest BCUT2D eigenvalue weighted by atomic mass is 32.2. The van der Waals surface area contributed by atoms with E-state index < -0.39 is 23.6 Å². The lowest BCUT2D eigenvalue weighted by Gasteiger charge is -2.37. The number of thioether (sulfide) groups is 1. The van der Waals surface area contributed by atoms with Gasteiger partial charge in [0.2, 0.25) is 17.7 Å². The summed E-state index contributed by atoms with van der Waals surface area (Å²) in [4.78, 5) is 52.6. The Bertz CT molecular complexity index is 1210. The Labute approximate surface area is 240 Å². The molecule has 3 N–H and O–H groups in total. The number of methoxy groups -OCH3 is 1. The van der Waals surface area contributed by atoms with Gasteiger partial charge in [-0.25, -0.2) is 4.79 Å². The monoisotopic (exact) mass is 568 g/mol. The standard InChI is InChI=1S/C30H40N4O5S/c1-39-29(38)25(14-17-40-2)32-27(36)19-34(18-22-10-7-9-21-8-3-4-11-23(21)22)20-30(15-5-6-16-30)33-28(37)24-12-13-26(35)31-24/h3-4,7-11,24-25H,5-6,12-20H2,1-2H3,(H,31,35)(H,32,36)(H,33,37)/t24-,25-/m0/s1. The van der Waals surface area contributed by atoms with Crippen LogP contribution >= 0.6 is 11.8 Å². The number of esters is 1. The highest BCUT2D eigenvalue weighted by Gasteiger charge is 2.40. The molecular formula is C30H40N4O5S. The molecule has 3 amide bonds. The molecule has 0 unspecified atom stereocenters. The lowest BCUT2D eigenvalue weighted by atomic mass is 9.95. The van der Waals surface area contributed by atoms with E-state index in [2.05, 4.69) is 45.1 Å². The number of rotatable bonds is 13. The van der Waals surface area contributed by atoms with E-state index in [1.54, 1.807) is 11.8 Å². The summed E-state index contributed by atoms with van der Waals surface area (Å²) in [6.45, 7) is 1.04. The Morgan fingerprint density at radius 1 is 1.15 bits per heavy atom. The first kappa shape index (κ1) is 29.9. The highest BCUT2D eigenvalue weighted by Crippen LogP contribution is 2.32. The van der Waals surface area contributed by atoms with Crippen molar-refractivity contribution in [3.63, 3.8) is 0 Å². The van der Waals surface area contributed by atoms with E-state index in [-0.39, 0.29) is 24.3 Å². The van der Waals surface area contributed by atoms with Crippen LogP contribution in [0.25, 0.3) is 10.8 Å². The van der Waals surface area contributed by atoms with Gasteiger partial charge in [-0.3, -0.25) is 19.3 Å². The molecule has 4 rings (SSSR count). The average Bonchev–Trinajstić information content (AvgIpc) is 3.59. The van der Waals surface area contributed by atoms with E-state index in [4.69, 9.17) is 4.74 Å². The third-order valence-electron chi connectivity index (χ3n) is 7.86. The Morgan fingerprint density at radius 2 is 1.90 bits per heavy atom. The van der Waals surface area contributed by atoms with Gasteiger partial charge in [-0.1, -0.05) is 55.3 Å². The first-order valence-electron chi connectivity index (χ1n) is 14.0. The van der Waals surface area contributed by atoms with Crippen LogP contribution in [0, 0.1) is 0 Å². The van der Waals surface area contributed by atoms with Gasteiger partial charge >= 0.3 is 5.97 Å². The summed E-state index contributed by atoms with van der Waals surface area (Å²) in [6.07, 6.45) is 6.83. The van der Waals surface area contributed by atoms with Gasteiger partial charge in [-0.15, -0.1) is 0 Å². The van der Waals surface area contributed by atoms with E-state index >= 15 is 0 Å². The van der Waals surface area contributed by atoms with Crippen LogP contribution in [0.5, 0.6) is 0 Å². The molecule has 1 aliphatic heterocycles. The number of ether oxygens (including phenoxy) is 1. The van der Waals surface area contributed by atoms with Gasteiger partial charge < -0.3 is 20.7 Å². The molecule has 0 spiro atoms. The predicted molar refractivity (Wildman–Crippen MR) is 157 cm³/mol. The van der Waals surface area contributed by atoms with Gasteiger partial charge in [0.05, 0.1) is 19.2 Å². The average molecular weight is 569 g/mol. The molecule has 2 aliphatic rings. The van der Waals surface area contributed by atoms with Gasteiger partial charge in [0, 0.05) is 19.5 Å². The number of carbonyl (C=O) groups is 4. The van der Waals surface area contributed by atoms with Crippen LogP contribution in [-0.2, 0) is 30.5 Å². The van der Waals surface area contributed by atoms with E-state index in [0.717, 1.165) is 42.0 Å². The lowest BCUT2D eigenvalue weighted by Crippen LogP contribution is -2.58. The molecule has 216 valence electrons. The molecule has 1 saturated heterocycles. The van der Waals surface area contributed by atoms with Crippen molar-refractivity contribution in [3.05, 3.63) is 48.0 Å². The predicted octanol–water partition coefficient (Wildman–Crippen LogP) is 2.76. The summed E-state index contributed by atoms with van der Waals surface area (Å²) in [7, 11) is 1.33. The SMILES string of the molecule is COC(=O)[C@H](CCSC)NC(=O)CN(Cc1cccc2ccccc12)CC1(NC(=O)[C@@H]2CCC(=O)N2)CCCC1. The minimum absolute atomic E-state index is 0.0633. The Hall–Kier alpha value is -3.11. The van der Waals surface area contributed by atoms with Crippen molar-refractivity contribution in [3.8, 4) is 0 Å². The van der Waals surface area contributed by atoms with E-state index in [1.165, 1.54) is 7.11 Å². The molecule has 0 bridgehead atoms. The van der Waals surface area contributed by atoms with Crippen molar-refractivity contribution in [1.29, 1.82) is 0 Å². The van der Waals surface area contributed by atoms with Crippen LogP contribution in [0.2, 0.25) is 0 Å². The van der Waals surface area contributed by atoms with Crippen LogP contribution in [0.15, 0.2) is 42.5 Å². The number of hydrogen-bond acceptors (Lipinski definition) is 7. The summed E-state index contributed by atoms with van der Waals surface area (Å²) in [5.74, 6) is -0.269. The highest BCUT2D eigenvalue weighted by molar-refractivity contribution is 7.98. The van der Waals surface area contributed by atoms with Gasteiger partial charge in [0.1, 0.15) is 12.1 Å². The second-order valence-corrected chi connectivity index (χ2v) is 11.8. The summed E-state index contributed by atoms with van der Waals surface area (Å²) >= 11 is 1.60.